The lowest BCUT2D eigenvalue weighted by Crippen LogP contribution is -2.01. The number of nitrogens with zero attached hydrogens (tertiary/aromatic N) is 4. The average molecular weight is 729 g/mol. The molecule has 57 heavy (non-hydrogen) atoms. The van der Waals surface area contributed by atoms with Gasteiger partial charge in [0.05, 0.1) is 11.0 Å². The zero-order chi connectivity index (χ0) is 37.7. The van der Waals surface area contributed by atoms with Crippen LogP contribution >= 0.6 is 0 Å². The Morgan fingerprint density at radius 2 is 1.02 bits per heavy atom. The minimum absolute atomic E-state index is 0.634. The van der Waals surface area contributed by atoms with Gasteiger partial charge < -0.3 is 4.57 Å². The first-order chi connectivity index (χ1) is 28.3. The summed E-state index contributed by atoms with van der Waals surface area (Å²) in [5, 5.41) is 7.46. The third-order valence-electron chi connectivity index (χ3n) is 11.3. The molecule has 0 bridgehead atoms. The quantitative estimate of drug-likeness (QED) is 0.171. The molecule has 2 aromatic heterocycles. The molecule has 1 aliphatic carbocycles. The van der Waals surface area contributed by atoms with Crippen LogP contribution in [0.5, 0.6) is 0 Å². The van der Waals surface area contributed by atoms with Gasteiger partial charge in [-0.25, -0.2) is 15.0 Å². The third kappa shape index (κ3) is 5.73. The molecule has 4 nitrogen and oxygen atoms in total. The van der Waals surface area contributed by atoms with Gasteiger partial charge in [-0.2, -0.15) is 0 Å². The smallest absolute Gasteiger partial charge is 0.164 e. The molecule has 1 aliphatic rings. The third-order valence-corrected chi connectivity index (χ3v) is 11.3. The lowest BCUT2D eigenvalue weighted by Gasteiger charge is -2.15. The molecular weight excluding hydrogens is 693 g/mol. The first kappa shape index (κ1) is 33.0. The molecule has 0 unspecified atom stereocenters. The van der Waals surface area contributed by atoms with Crippen molar-refractivity contribution in [3.63, 3.8) is 0 Å². The summed E-state index contributed by atoms with van der Waals surface area (Å²) < 4.78 is 2.38. The second-order valence-corrected chi connectivity index (χ2v) is 14.7. The Kier molecular flexibility index (Phi) is 7.92. The lowest BCUT2D eigenvalue weighted by atomic mass is 9.89. The maximum atomic E-state index is 5.04. The van der Waals surface area contributed by atoms with E-state index in [1.54, 1.807) is 0 Å². The van der Waals surface area contributed by atoms with Crippen molar-refractivity contribution in [3.05, 3.63) is 200 Å². The first-order valence-electron chi connectivity index (χ1n) is 19.6. The van der Waals surface area contributed by atoms with Gasteiger partial charge in [0, 0.05) is 33.2 Å². The molecule has 2 heterocycles. The van der Waals surface area contributed by atoms with Crippen molar-refractivity contribution in [2.75, 3.05) is 0 Å². The van der Waals surface area contributed by atoms with Gasteiger partial charge in [0.1, 0.15) is 0 Å². The molecule has 0 saturated carbocycles. The van der Waals surface area contributed by atoms with Crippen molar-refractivity contribution >= 4 is 48.9 Å². The maximum Gasteiger partial charge on any atom is 0.164 e. The predicted molar refractivity (Wildman–Crippen MR) is 237 cm³/mol. The van der Waals surface area contributed by atoms with Crippen LogP contribution in [0.25, 0.3) is 99.9 Å². The van der Waals surface area contributed by atoms with Gasteiger partial charge in [0.15, 0.2) is 17.5 Å². The minimum atomic E-state index is 0.634. The van der Waals surface area contributed by atoms with Crippen molar-refractivity contribution in [1.29, 1.82) is 0 Å². The number of rotatable bonds is 6. The molecule has 0 amide bonds. The highest BCUT2D eigenvalue weighted by Crippen LogP contribution is 2.41. The van der Waals surface area contributed by atoms with Gasteiger partial charge in [-0.05, 0) is 87.0 Å². The van der Waals surface area contributed by atoms with Crippen LogP contribution in [0.2, 0.25) is 0 Å². The van der Waals surface area contributed by atoms with E-state index in [-0.39, 0.29) is 0 Å². The van der Waals surface area contributed by atoms with E-state index in [4.69, 9.17) is 15.0 Å². The molecule has 4 heteroatoms. The number of hydrogen-bond donors (Lipinski definition) is 0. The molecule has 0 saturated heterocycles. The monoisotopic (exact) mass is 728 g/mol. The average Bonchev–Trinajstić information content (AvgIpc) is 3.64. The standard InChI is InChI=1S/C53H36N4/c1-4-15-35(16-5-1)42-30-31-43(45-24-11-10-23-44(42)45)39-28-27-36-29-32-49-50(47(36)34-39)46-25-12-13-26-48(46)57(49)41-22-14-21-40(33-41)53-55-51(37-17-6-2-7-18-37)54-52(56-53)38-19-8-3-9-20-38/h2-4,6-34H,1,5H2. The van der Waals surface area contributed by atoms with Gasteiger partial charge in [0.2, 0.25) is 0 Å². The van der Waals surface area contributed by atoms with E-state index in [1.165, 1.54) is 54.6 Å². The van der Waals surface area contributed by atoms with Crippen molar-refractivity contribution < 1.29 is 0 Å². The molecule has 11 rings (SSSR count). The highest BCUT2D eigenvalue weighted by molar-refractivity contribution is 6.22. The SMILES string of the molecule is C1=CC(c2ccc(-c3ccc4ccc5c(c4c3)c3ccccc3n5-c3cccc(-c4nc(-c5ccccc5)nc(-c5ccccc5)n4)c3)c3ccccc23)=CCC1. The van der Waals surface area contributed by atoms with E-state index in [0.29, 0.717) is 17.5 Å². The summed E-state index contributed by atoms with van der Waals surface area (Å²) in [6.45, 7) is 0. The van der Waals surface area contributed by atoms with Crippen LogP contribution in [0.3, 0.4) is 0 Å². The largest absolute Gasteiger partial charge is 0.309 e. The molecular formula is C53H36N4. The molecule has 0 aliphatic heterocycles. The van der Waals surface area contributed by atoms with Crippen molar-refractivity contribution in [2.45, 2.75) is 12.8 Å². The Labute approximate surface area is 330 Å². The summed E-state index contributed by atoms with van der Waals surface area (Å²) in [5.74, 6) is 1.93. The highest BCUT2D eigenvalue weighted by atomic mass is 15.0. The van der Waals surface area contributed by atoms with Crippen LogP contribution in [0.15, 0.2) is 194 Å². The van der Waals surface area contributed by atoms with E-state index in [2.05, 4.69) is 138 Å². The summed E-state index contributed by atoms with van der Waals surface area (Å²) in [5.41, 5.74) is 11.2. The van der Waals surface area contributed by atoms with E-state index in [1.807, 2.05) is 60.7 Å². The normalized spacial score (nSPS) is 12.8. The van der Waals surface area contributed by atoms with Crippen LogP contribution < -0.4 is 0 Å². The van der Waals surface area contributed by atoms with E-state index >= 15 is 0 Å². The fourth-order valence-electron chi connectivity index (χ4n) is 8.57. The Hall–Kier alpha value is -7.43. The van der Waals surface area contributed by atoms with E-state index < -0.39 is 0 Å². The molecule has 0 radical (unpaired) electrons. The van der Waals surface area contributed by atoms with Gasteiger partial charge >= 0.3 is 0 Å². The summed E-state index contributed by atoms with van der Waals surface area (Å²) >= 11 is 0. The number of hydrogen-bond acceptors (Lipinski definition) is 3. The fourth-order valence-corrected chi connectivity index (χ4v) is 8.57. The van der Waals surface area contributed by atoms with Crippen molar-refractivity contribution in [2.24, 2.45) is 0 Å². The molecule has 268 valence electrons. The van der Waals surface area contributed by atoms with Gasteiger partial charge in [0.25, 0.3) is 0 Å². The van der Waals surface area contributed by atoms with E-state index in [0.717, 1.165) is 46.3 Å². The maximum absolute atomic E-state index is 5.04. The van der Waals surface area contributed by atoms with E-state index in [9.17, 15) is 0 Å². The van der Waals surface area contributed by atoms with Crippen molar-refractivity contribution in [1.82, 2.24) is 19.5 Å². The molecule has 10 aromatic rings. The Morgan fingerprint density at radius 3 is 1.74 bits per heavy atom. The van der Waals surface area contributed by atoms with Crippen LogP contribution in [-0.2, 0) is 0 Å². The number of para-hydroxylation sites is 1. The second-order valence-electron chi connectivity index (χ2n) is 14.7. The fraction of sp³-hybridized carbons (Fsp3) is 0.0377. The van der Waals surface area contributed by atoms with Crippen LogP contribution in [0, 0.1) is 0 Å². The highest BCUT2D eigenvalue weighted by Gasteiger charge is 2.18. The zero-order valence-electron chi connectivity index (χ0n) is 31.2. The van der Waals surface area contributed by atoms with Gasteiger partial charge in [-0.15, -0.1) is 0 Å². The van der Waals surface area contributed by atoms with Gasteiger partial charge in [-0.1, -0.05) is 164 Å². The van der Waals surface area contributed by atoms with Crippen LogP contribution in [0.4, 0.5) is 0 Å². The number of aromatic nitrogens is 4. The number of fused-ring (bicyclic) bond motifs is 6. The molecule has 0 atom stereocenters. The van der Waals surface area contributed by atoms with Crippen molar-refractivity contribution in [3.8, 4) is 51.0 Å². The second kappa shape index (κ2) is 13.7. The molecule has 0 N–H and O–H groups in total. The summed E-state index contributed by atoms with van der Waals surface area (Å²) in [6.07, 6.45) is 9.13. The Bertz CT molecular complexity index is 3170. The van der Waals surface area contributed by atoms with Crippen LogP contribution in [0.1, 0.15) is 18.4 Å². The molecule has 0 spiro atoms. The lowest BCUT2D eigenvalue weighted by molar-refractivity contribution is 1.04. The van der Waals surface area contributed by atoms with Crippen LogP contribution in [-0.4, -0.2) is 19.5 Å². The minimum Gasteiger partial charge on any atom is -0.309 e. The topological polar surface area (TPSA) is 43.6 Å². The molecule has 0 fully saturated rings. The number of benzene rings is 8. The van der Waals surface area contributed by atoms with Gasteiger partial charge in [-0.3, -0.25) is 0 Å². The first-order valence-corrected chi connectivity index (χ1v) is 19.6. The Balaban J connectivity index is 1.08. The zero-order valence-corrected chi connectivity index (χ0v) is 31.2. The predicted octanol–water partition coefficient (Wildman–Crippen LogP) is 13.7. The summed E-state index contributed by atoms with van der Waals surface area (Å²) in [7, 11) is 0. The number of allylic oxidation sites excluding steroid dienone is 4. The Morgan fingerprint density at radius 1 is 0.404 bits per heavy atom. The molecule has 8 aromatic carbocycles. The summed E-state index contributed by atoms with van der Waals surface area (Å²) in [4.78, 5) is 15.0. The summed E-state index contributed by atoms with van der Waals surface area (Å²) in [6, 6.07) is 62.5.